The number of rotatable bonds is 4. The van der Waals surface area contributed by atoms with Gasteiger partial charge in [-0.2, -0.15) is 0 Å². The van der Waals surface area contributed by atoms with Crippen molar-refractivity contribution in [2.45, 2.75) is 58.8 Å². The highest BCUT2D eigenvalue weighted by molar-refractivity contribution is 5.81. The number of amides is 1. The largest absolute Gasteiger partial charge is 0.487 e. The summed E-state index contributed by atoms with van der Waals surface area (Å²) < 4.78 is 12.0. The smallest absolute Gasteiger partial charge is 0.261 e. The molecule has 4 heteroatoms. The van der Waals surface area contributed by atoms with Gasteiger partial charge >= 0.3 is 0 Å². The van der Waals surface area contributed by atoms with Crippen LogP contribution in [0.5, 0.6) is 11.5 Å². The number of benzene rings is 2. The van der Waals surface area contributed by atoms with Crippen LogP contribution < -0.4 is 14.8 Å². The van der Waals surface area contributed by atoms with Crippen molar-refractivity contribution < 1.29 is 14.3 Å². The van der Waals surface area contributed by atoms with Crippen LogP contribution >= 0.6 is 0 Å². The van der Waals surface area contributed by atoms with E-state index < -0.39 is 6.10 Å². The Morgan fingerprint density at radius 3 is 2.69 bits per heavy atom. The van der Waals surface area contributed by atoms with E-state index in [-0.39, 0.29) is 17.6 Å². The molecule has 2 atom stereocenters. The Balaban J connectivity index is 1.74. The maximum atomic E-state index is 12.8. The minimum Gasteiger partial charge on any atom is -0.487 e. The molecule has 0 spiro atoms. The van der Waals surface area contributed by atoms with Crippen LogP contribution in [0.2, 0.25) is 0 Å². The second kappa shape index (κ2) is 7.02. The molecule has 4 nitrogen and oxygen atoms in total. The van der Waals surface area contributed by atoms with Crippen molar-refractivity contribution in [2.75, 3.05) is 0 Å². The number of carbonyl (C=O) groups excluding carboxylic acids is 1. The first-order chi connectivity index (χ1) is 12.3. The first-order valence-corrected chi connectivity index (χ1v) is 9.08. The summed E-state index contributed by atoms with van der Waals surface area (Å²) in [5, 5.41) is 3.14. The Kier molecular flexibility index (Phi) is 4.94. The van der Waals surface area contributed by atoms with Gasteiger partial charge in [-0.25, -0.2) is 0 Å². The third-order valence-electron chi connectivity index (χ3n) is 4.92. The number of carbonyl (C=O) groups is 1. The summed E-state index contributed by atoms with van der Waals surface area (Å²) >= 11 is 0. The number of ether oxygens (including phenoxy) is 2. The molecular formula is C22H27NO3. The van der Waals surface area contributed by atoms with Crippen LogP contribution in [0.1, 0.15) is 49.9 Å². The molecule has 0 unspecified atom stereocenters. The predicted octanol–water partition coefficient (Wildman–Crippen LogP) is 4.49. The molecule has 1 aliphatic rings. The first kappa shape index (κ1) is 18.3. The van der Waals surface area contributed by atoms with Gasteiger partial charge < -0.3 is 14.8 Å². The summed E-state index contributed by atoms with van der Waals surface area (Å²) in [5.74, 6) is 1.46. The van der Waals surface area contributed by atoms with Crippen molar-refractivity contribution in [3.8, 4) is 11.5 Å². The molecule has 26 heavy (non-hydrogen) atoms. The molecule has 1 amide bonds. The Bertz CT molecular complexity index is 813. The van der Waals surface area contributed by atoms with Crippen molar-refractivity contribution in [3.05, 3.63) is 59.2 Å². The third kappa shape index (κ3) is 3.85. The van der Waals surface area contributed by atoms with E-state index in [0.717, 1.165) is 28.2 Å². The second-order valence-electron chi connectivity index (χ2n) is 7.62. The van der Waals surface area contributed by atoms with Crippen LogP contribution in [-0.2, 0) is 4.79 Å². The number of para-hydroxylation sites is 1. The molecule has 0 saturated heterocycles. The molecule has 1 aliphatic heterocycles. The number of aryl methyl sites for hydroxylation is 1. The van der Waals surface area contributed by atoms with Crippen molar-refractivity contribution in [1.82, 2.24) is 5.32 Å². The van der Waals surface area contributed by atoms with E-state index in [9.17, 15) is 4.79 Å². The lowest BCUT2D eigenvalue weighted by Gasteiger charge is -2.38. The fraction of sp³-hybridized carbons (Fsp3) is 0.409. The van der Waals surface area contributed by atoms with E-state index in [1.54, 1.807) is 6.92 Å². The average molecular weight is 353 g/mol. The van der Waals surface area contributed by atoms with Crippen molar-refractivity contribution in [1.29, 1.82) is 0 Å². The second-order valence-corrected chi connectivity index (χ2v) is 7.62. The Morgan fingerprint density at radius 1 is 1.19 bits per heavy atom. The van der Waals surface area contributed by atoms with Crippen LogP contribution in [0.15, 0.2) is 42.5 Å². The van der Waals surface area contributed by atoms with Crippen LogP contribution in [0.4, 0.5) is 0 Å². The highest BCUT2D eigenvalue weighted by Gasteiger charge is 2.35. The summed E-state index contributed by atoms with van der Waals surface area (Å²) in [6.45, 7) is 9.91. The molecule has 3 rings (SSSR count). The van der Waals surface area contributed by atoms with Crippen LogP contribution in [-0.4, -0.2) is 17.6 Å². The van der Waals surface area contributed by atoms with E-state index in [1.807, 2.05) is 70.2 Å². The third-order valence-corrected chi connectivity index (χ3v) is 4.92. The fourth-order valence-corrected chi connectivity index (χ4v) is 3.32. The summed E-state index contributed by atoms with van der Waals surface area (Å²) in [5.41, 5.74) is 2.89. The highest BCUT2D eigenvalue weighted by Crippen LogP contribution is 2.39. The van der Waals surface area contributed by atoms with Gasteiger partial charge in [-0.3, -0.25) is 4.79 Å². The minimum atomic E-state index is -0.575. The zero-order valence-corrected chi connectivity index (χ0v) is 16.1. The van der Waals surface area contributed by atoms with Crippen molar-refractivity contribution in [2.24, 2.45) is 0 Å². The van der Waals surface area contributed by atoms with Crippen LogP contribution in [0.25, 0.3) is 0 Å². The molecule has 1 heterocycles. The summed E-state index contributed by atoms with van der Waals surface area (Å²) in [7, 11) is 0. The topological polar surface area (TPSA) is 47.6 Å². The van der Waals surface area contributed by atoms with Gasteiger partial charge in [-0.05, 0) is 57.9 Å². The molecule has 2 aromatic rings. The van der Waals surface area contributed by atoms with Gasteiger partial charge in [0.1, 0.15) is 17.1 Å². The molecule has 0 fully saturated rings. The van der Waals surface area contributed by atoms with E-state index in [4.69, 9.17) is 9.47 Å². The van der Waals surface area contributed by atoms with E-state index >= 15 is 0 Å². The van der Waals surface area contributed by atoms with Crippen LogP contribution in [0.3, 0.4) is 0 Å². The molecule has 0 aliphatic carbocycles. The van der Waals surface area contributed by atoms with E-state index in [1.165, 1.54) is 0 Å². The Hall–Kier alpha value is -2.49. The zero-order valence-electron chi connectivity index (χ0n) is 16.1. The molecule has 0 bridgehead atoms. The average Bonchev–Trinajstić information content (AvgIpc) is 2.58. The Labute approximate surface area is 155 Å². The number of hydrogen-bond acceptors (Lipinski definition) is 3. The Morgan fingerprint density at radius 2 is 1.92 bits per heavy atom. The monoisotopic (exact) mass is 353 g/mol. The normalized spacial score (nSPS) is 19.0. The van der Waals surface area contributed by atoms with Gasteiger partial charge in [0.05, 0.1) is 6.04 Å². The van der Waals surface area contributed by atoms with Gasteiger partial charge in [-0.1, -0.05) is 30.3 Å². The zero-order chi connectivity index (χ0) is 18.9. The maximum absolute atomic E-state index is 12.8. The molecule has 0 radical (unpaired) electrons. The summed E-state index contributed by atoms with van der Waals surface area (Å²) in [6.07, 6.45) is 0.139. The molecule has 2 aromatic carbocycles. The first-order valence-electron chi connectivity index (χ1n) is 9.08. The summed E-state index contributed by atoms with van der Waals surface area (Å²) in [4.78, 5) is 12.8. The lowest BCUT2D eigenvalue weighted by atomic mass is 9.89. The highest BCUT2D eigenvalue weighted by atomic mass is 16.5. The van der Waals surface area contributed by atoms with Crippen LogP contribution in [0, 0.1) is 13.8 Å². The van der Waals surface area contributed by atoms with Gasteiger partial charge in [0.2, 0.25) is 0 Å². The SMILES string of the molecule is Cc1cccc(O[C@@H](C)C(=O)N[C@@H]2CC(C)(C)Oc3ccccc32)c1C. The van der Waals surface area contributed by atoms with E-state index in [0.29, 0.717) is 6.42 Å². The van der Waals surface area contributed by atoms with Crippen molar-refractivity contribution >= 4 is 5.91 Å². The molecule has 1 N–H and O–H groups in total. The number of nitrogens with one attached hydrogen (secondary N) is 1. The standard InChI is InChI=1S/C22H27NO3/c1-14-9-8-12-19(15(14)2)25-16(3)21(24)23-18-13-22(4,5)26-20-11-7-6-10-17(18)20/h6-12,16,18H,13H2,1-5H3,(H,23,24)/t16-,18+/m0/s1. The molecule has 0 aromatic heterocycles. The van der Waals surface area contributed by atoms with Crippen molar-refractivity contribution in [3.63, 3.8) is 0 Å². The minimum absolute atomic E-state index is 0.0906. The van der Waals surface area contributed by atoms with Gasteiger partial charge in [0, 0.05) is 12.0 Å². The molecule has 138 valence electrons. The van der Waals surface area contributed by atoms with Gasteiger partial charge in [0.15, 0.2) is 6.10 Å². The van der Waals surface area contributed by atoms with Gasteiger partial charge in [-0.15, -0.1) is 0 Å². The quantitative estimate of drug-likeness (QED) is 0.881. The molecule has 0 saturated carbocycles. The number of hydrogen-bond donors (Lipinski definition) is 1. The van der Waals surface area contributed by atoms with Gasteiger partial charge in [0.25, 0.3) is 5.91 Å². The number of fused-ring (bicyclic) bond motifs is 1. The maximum Gasteiger partial charge on any atom is 0.261 e. The lowest BCUT2D eigenvalue weighted by molar-refractivity contribution is -0.128. The summed E-state index contributed by atoms with van der Waals surface area (Å²) in [6, 6.07) is 13.7. The fourth-order valence-electron chi connectivity index (χ4n) is 3.32. The van der Waals surface area contributed by atoms with E-state index in [2.05, 4.69) is 5.32 Å². The molecular weight excluding hydrogens is 326 g/mol. The lowest BCUT2D eigenvalue weighted by Crippen LogP contribution is -2.44. The predicted molar refractivity (Wildman–Crippen MR) is 103 cm³/mol.